The minimum atomic E-state index is -0.168. The maximum absolute atomic E-state index is 13.1. The van der Waals surface area contributed by atoms with Crippen molar-refractivity contribution in [2.24, 2.45) is 17.3 Å². The normalized spacial score (nSPS) is 20.4. The third kappa shape index (κ3) is 4.24. The number of benzene rings is 1. The summed E-state index contributed by atoms with van der Waals surface area (Å²) in [6, 6.07) is 13.9. The molecule has 1 N–H and O–H groups in total. The van der Waals surface area contributed by atoms with Crippen LogP contribution in [0.15, 0.2) is 54.9 Å². The fourth-order valence-electron chi connectivity index (χ4n) is 4.68. The van der Waals surface area contributed by atoms with E-state index in [4.69, 9.17) is 0 Å². The molecule has 2 saturated heterocycles. The van der Waals surface area contributed by atoms with Crippen molar-refractivity contribution in [1.29, 1.82) is 0 Å². The van der Waals surface area contributed by atoms with E-state index in [9.17, 15) is 9.59 Å². The standard InChI is InChI=1S/C24H30N4O2/c1-18(2)12-26-22(29)21-14-27(13-19-6-4-3-5-7-19)15-24(21)16-28(17-24)23(30)20-8-10-25-11-9-20/h3-11,18,21H,12-17H2,1-2H3,(H,26,29). The van der Waals surface area contributed by atoms with Gasteiger partial charge in [0.1, 0.15) is 0 Å². The highest BCUT2D eigenvalue weighted by molar-refractivity contribution is 5.95. The van der Waals surface area contributed by atoms with Gasteiger partial charge in [0.2, 0.25) is 5.91 Å². The number of pyridine rings is 1. The van der Waals surface area contributed by atoms with Gasteiger partial charge in [0.05, 0.1) is 5.92 Å². The topological polar surface area (TPSA) is 65.5 Å². The van der Waals surface area contributed by atoms with Crippen LogP contribution in [0, 0.1) is 17.3 Å². The molecule has 0 bridgehead atoms. The number of aromatic nitrogens is 1. The SMILES string of the molecule is CC(C)CNC(=O)C1CN(Cc2ccccc2)CC12CN(C(=O)c1ccncc1)C2. The van der Waals surface area contributed by atoms with E-state index in [1.165, 1.54) is 5.56 Å². The first-order valence-electron chi connectivity index (χ1n) is 10.7. The van der Waals surface area contributed by atoms with Crippen molar-refractivity contribution in [3.8, 4) is 0 Å². The number of nitrogens with zero attached hydrogens (tertiary/aromatic N) is 3. The molecule has 0 radical (unpaired) electrons. The first-order valence-corrected chi connectivity index (χ1v) is 10.7. The predicted molar refractivity (Wildman–Crippen MR) is 116 cm³/mol. The highest BCUT2D eigenvalue weighted by Crippen LogP contribution is 2.45. The third-order valence-corrected chi connectivity index (χ3v) is 6.19. The largest absolute Gasteiger partial charge is 0.356 e. The average molecular weight is 407 g/mol. The summed E-state index contributed by atoms with van der Waals surface area (Å²) in [6.07, 6.45) is 3.28. The van der Waals surface area contributed by atoms with Crippen LogP contribution in [0.3, 0.4) is 0 Å². The van der Waals surface area contributed by atoms with Crippen molar-refractivity contribution >= 4 is 11.8 Å². The van der Waals surface area contributed by atoms with E-state index in [1.807, 2.05) is 23.1 Å². The van der Waals surface area contributed by atoms with Crippen molar-refractivity contribution in [2.75, 3.05) is 32.7 Å². The summed E-state index contributed by atoms with van der Waals surface area (Å²) < 4.78 is 0. The number of rotatable bonds is 6. The van der Waals surface area contributed by atoms with Crippen LogP contribution < -0.4 is 5.32 Å². The maximum Gasteiger partial charge on any atom is 0.254 e. The maximum atomic E-state index is 13.1. The molecule has 30 heavy (non-hydrogen) atoms. The zero-order chi connectivity index (χ0) is 21.1. The number of hydrogen-bond donors (Lipinski definition) is 1. The van der Waals surface area contributed by atoms with Crippen molar-refractivity contribution in [1.82, 2.24) is 20.1 Å². The van der Waals surface area contributed by atoms with Gasteiger partial charge < -0.3 is 10.2 Å². The highest BCUT2D eigenvalue weighted by Gasteiger charge is 2.57. The molecule has 1 unspecified atom stereocenters. The molecule has 6 heteroatoms. The lowest BCUT2D eigenvalue weighted by Crippen LogP contribution is -2.64. The molecule has 1 aromatic heterocycles. The number of carbonyl (C=O) groups is 2. The van der Waals surface area contributed by atoms with Crippen LogP contribution in [0.4, 0.5) is 0 Å². The zero-order valence-electron chi connectivity index (χ0n) is 17.8. The fraction of sp³-hybridized carbons (Fsp3) is 0.458. The van der Waals surface area contributed by atoms with E-state index in [1.54, 1.807) is 24.5 Å². The van der Waals surface area contributed by atoms with Gasteiger partial charge in [0, 0.05) is 62.6 Å². The van der Waals surface area contributed by atoms with Gasteiger partial charge in [-0.25, -0.2) is 0 Å². The molecule has 1 atom stereocenters. The van der Waals surface area contributed by atoms with Gasteiger partial charge >= 0.3 is 0 Å². The Balaban J connectivity index is 1.47. The second-order valence-electron chi connectivity index (χ2n) is 9.11. The summed E-state index contributed by atoms with van der Waals surface area (Å²) in [4.78, 5) is 34.1. The Bertz CT molecular complexity index is 879. The minimum Gasteiger partial charge on any atom is -0.356 e. The Morgan fingerprint density at radius 1 is 1.10 bits per heavy atom. The van der Waals surface area contributed by atoms with Gasteiger partial charge in [-0.3, -0.25) is 19.5 Å². The van der Waals surface area contributed by atoms with E-state index in [0.29, 0.717) is 31.1 Å². The zero-order valence-corrected chi connectivity index (χ0v) is 17.8. The van der Waals surface area contributed by atoms with Crippen LogP contribution in [0.2, 0.25) is 0 Å². The minimum absolute atomic E-state index is 0.0193. The van der Waals surface area contributed by atoms with Crippen LogP contribution in [0.1, 0.15) is 29.8 Å². The monoisotopic (exact) mass is 406 g/mol. The van der Waals surface area contributed by atoms with E-state index < -0.39 is 0 Å². The highest BCUT2D eigenvalue weighted by atomic mass is 16.2. The van der Waals surface area contributed by atoms with Crippen LogP contribution in [-0.2, 0) is 11.3 Å². The molecule has 2 aromatic rings. The third-order valence-electron chi connectivity index (χ3n) is 6.19. The number of likely N-dealkylation sites (tertiary alicyclic amines) is 2. The summed E-state index contributed by atoms with van der Waals surface area (Å²) in [6.45, 7) is 8.53. The van der Waals surface area contributed by atoms with Crippen LogP contribution in [0.25, 0.3) is 0 Å². The van der Waals surface area contributed by atoms with Crippen molar-refractivity contribution in [2.45, 2.75) is 20.4 Å². The molecule has 3 heterocycles. The quantitative estimate of drug-likeness (QED) is 0.800. The molecule has 2 aliphatic rings. The van der Waals surface area contributed by atoms with E-state index >= 15 is 0 Å². The van der Waals surface area contributed by atoms with Crippen LogP contribution >= 0.6 is 0 Å². The summed E-state index contributed by atoms with van der Waals surface area (Å²) >= 11 is 0. The van der Waals surface area contributed by atoms with Crippen molar-refractivity contribution in [3.63, 3.8) is 0 Å². The second-order valence-corrected chi connectivity index (χ2v) is 9.11. The lowest BCUT2D eigenvalue weighted by Gasteiger charge is -2.50. The number of hydrogen-bond acceptors (Lipinski definition) is 4. The molecule has 1 spiro atoms. The predicted octanol–water partition coefficient (Wildman–Crippen LogP) is 2.43. The Hall–Kier alpha value is -2.73. The van der Waals surface area contributed by atoms with E-state index in [-0.39, 0.29) is 23.1 Å². The summed E-state index contributed by atoms with van der Waals surface area (Å²) in [5.41, 5.74) is 1.73. The molecule has 2 fully saturated rings. The molecular weight excluding hydrogens is 376 g/mol. The van der Waals surface area contributed by atoms with Crippen LogP contribution in [-0.4, -0.2) is 59.3 Å². The summed E-state index contributed by atoms with van der Waals surface area (Å²) in [5, 5.41) is 3.13. The second kappa shape index (κ2) is 8.56. The molecule has 158 valence electrons. The molecular formula is C24H30N4O2. The van der Waals surface area contributed by atoms with Gasteiger partial charge in [0.15, 0.2) is 0 Å². The molecule has 0 saturated carbocycles. The first kappa shape index (κ1) is 20.5. The van der Waals surface area contributed by atoms with Gasteiger partial charge in [-0.1, -0.05) is 44.2 Å². The Morgan fingerprint density at radius 2 is 1.80 bits per heavy atom. The smallest absolute Gasteiger partial charge is 0.254 e. The van der Waals surface area contributed by atoms with Crippen molar-refractivity contribution < 1.29 is 9.59 Å². The number of amides is 2. The fourth-order valence-corrected chi connectivity index (χ4v) is 4.68. The molecule has 0 aliphatic carbocycles. The lowest BCUT2D eigenvalue weighted by atomic mass is 9.71. The van der Waals surface area contributed by atoms with Gasteiger partial charge in [0.25, 0.3) is 5.91 Å². The van der Waals surface area contributed by atoms with Gasteiger partial charge in [-0.05, 0) is 23.6 Å². The molecule has 2 aliphatic heterocycles. The Labute approximate surface area is 178 Å². The Morgan fingerprint density at radius 3 is 2.47 bits per heavy atom. The van der Waals surface area contributed by atoms with E-state index in [0.717, 1.165) is 19.6 Å². The van der Waals surface area contributed by atoms with Crippen molar-refractivity contribution in [3.05, 3.63) is 66.0 Å². The average Bonchev–Trinajstić information content (AvgIpc) is 3.11. The molecule has 2 amide bonds. The van der Waals surface area contributed by atoms with E-state index in [2.05, 4.69) is 41.2 Å². The lowest BCUT2D eigenvalue weighted by molar-refractivity contribution is -0.131. The number of nitrogens with one attached hydrogen (secondary N) is 1. The summed E-state index contributed by atoms with van der Waals surface area (Å²) in [7, 11) is 0. The van der Waals surface area contributed by atoms with Gasteiger partial charge in [-0.2, -0.15) is 0 Å². The first-order chi connectivity index (χ1) is 14.5. The molecule has 6 nitrogen and oxygen atoms in total. The van der Waals surface area contributed by atoms with Gasteiger partial charge in [-0.15, -0.1) is 0 Å². The molecule has 1 aromatic carbocycles. The summed E-state index contributed by atoms with van der Waals surface area (Å²) in [5.74, 6) is 0.459. The Kier molecular flexibility index (Phi) is 5.86. The number of carbonyl (C=O) groups excluding carboxylic acids is 2. The van der Waals surface area contributed by atoms with Crippen LogP contribution in [0.5, 0.6) is 0 Å². The molecule has 4 rings (SSSR count).